The fourth-order valence-corrected chi connectivity index (χ4v) is 4.44. The molecule has 2 rings (SSSR count). The Balaban J connectivity index is 2.41. The van der Waals surface area contributed by atoms with E-state index in [1.54, 1.807) is 11.3 Å². The van der Waals surface area contributed by atoms with Gasteiger partial charge in [0.1, 0.15) is 0 Å². The number of rotatable bonds is 4. The van der Waals surface area contributed by atoms with Crippen LogP contribution in [-0.4, -0.2) is 7.05 Å². The Morgan fingerprint density at radius 2 is 1.80 bits per heavy atom. The first kappa shape index (κ1) is 16.3. The lowest BCUT2D eigenvalue weighted by Gasteiger charge is -2.18. The van der Waals surface area contributed by atoms with Crippen LogP contribution in [0, 0.1) is 5.92 Å². The van der Waals surface area contributed by atoms with E-state index in [9.17, 15) is 0 Å². The van der Waals surface area contributed by atoms with Gasteiger partial charge >= 0.3 is 0 Å². The predicted molar refractivity (Wildman–Crippen MR) is 94.1 cm³/mol. The fourth-order valence-electron chi connectivity index (χ4n) is 2.19. The average molecular weight is 393 g/mol. The van der Waals surface area contributed by atoms with Crippen molar-refractivity contribution in [2.24, 2.45) is 5.92 Å². The second-order valence-corrected chi connectivity index (χ2v) is 7.66. The van der Waals surface area contributed by atoms with Gasteiger partial charge in [-0.05, 0) is 47.1 Å². The third-order valence-electron chi connectivity index (χ3n) is 3.21. The van der Waals surface area contributed by atoms with Crippen LogP contribution in [0.5, 0.6) is 0 Å². The molecular weight excluding hydrogens is 377 g/mol. The first-order chi connectivity index (χ1) is 9.45. The van der Waals surface area contributed by atoms with Crippen LogP contribution in [0.1, 0.15) is 24.8 Å². The van der Waals surface area contributed by atoms with Crippen LogP contribution in [0.25, 0.3) is 10.4 Å². The van der Waals surface area contributed by atoms with Crippen LogP contribution in [0.3, 0.4) is 0 Å². The SMILES string of the molecule is CNC(c1ccc(-c2ccc(Br)c(Cl)c2Cl)s1)C(C)C. The Morgan fingerprint density at radius 1 is 1.10 bits per heavy atom. The smallest absolute Gasteiger partial charge is 0.0740 e. The Morgan fingerprint density at radius 3 is 2.40 bits per heavy atom. The van der Waals surface area contributed by atoms with E-state index in [0.717, 1.165) is 14.9 Å². The molecule has 20 heavy (non-hydrogen) atoms. The van der Waals surface area contributed by atoms with Gasteiger partial charge < -0.3 is 5.32 Å². The van der Waals surface area contributed by atoms with Crippen molar-refractivity contribution in [1.29, 1.82) is 0 Å². The molecule has 5 heteroatoms. The molecule has 1 heterocycles. The second-order valence-electron chi connectivity index (χ2n) is 4.94. The zero-order chi connectivity index (χ0) is 14.9. The van der Waals surface area contributed by atoms with Crippen LogP contribution in [0.4, 0.5) is 0 Å². The highest BCUT2D eigenvalue weighted by Gasteiger charge is 2.18. The Labute approximate surface area is 142 Å². The first-order valence-corrected chi connectivity index (χ1v) is 8.73. The van der Waals surface area contributed by atoms with E-state index < -0.39 is 0 Å². The minimum Gasteiger partial charge on any atom is -0.312 e. The quantitative estimate of drug-likeness (QED) is 0.593. The molecule has 0 fully saturated rings. The van der Waals surface area contributed by atoms with Gasteiger partial charge in [0, 0.05) is 25.8 Å². The highest BCUT2D eigenvalue weighted by molar-refractivity contribution is 9.10. The topological polar surface area (TPSA) is 12.0 Å². The van der Waals surface area contributed by atoms with Crippen LogP contribution in [0.15, 0.2) is 28.7 Å². The van der Waals surface area contributed by atoms with E-state index in [4.69, 9.17) is 23.2 Å². The van der Waals surface area contributed by atoms with Gasteiger partial charge in [-0.3, -0.25) is 0 Å². The lowest BCUT2D eigenvalue weighted by atomic mass is 10.0. The normalized spacial score (nSPS) is 12.9. The number of nitrogens with one attached hydrogen (secondary N) is 1. The Bertz CT molecular complexity index is 610. The molecule has 0 saturated carbocycles. The summed E-state index contributed by atoms with van der Waals surface area (Å²) in [6, 6.07) is 8.56. The number of hydrogen-bond acceptors (Lipinski definition) is 2. The Kier molecular flexibility index (Phi) is 5.55. The van der Waals surface area contributed by atoms with Crippen molar-refractivity contribution in [3.05, 3.63) is 43.7 Å². The highest BCUT2D eigenvalue weighted by Crippen LogP contribution is 2.41. The monoisotopic (exact) mass is 391 g/mol. The molecule has 0 radical (unpaired) electrons. The first-order valence-electron chi connectivity index (χ1n) is 6.36. The van der Waals surface area contributed by atoms with E-state index in [0.29, 0.717) is 22.0 Å². The van der Waals surface area contributed by atoms with Crippen molar-refractivity contribution in [3.8, 4) is 10.4 Å². The summed E-state index contributed by atoms with van der Waals surface area (Å²) in [4.78, 5) is 2.45. The van der Waals surface area contributed by atoms with E-state index in [2.05, 4.69) is 47.2 Å². The standard InChI is InChI=1S/C15H16BrCl2NS/c1-8(2)15(19-3)12-7-6-11(20-12)9-4-5-10(16)14(18)13(9)17/h4-8,15,19H,1-3H3. The summed E-state index contributed by atoms with van der Waals surface area (Å²) in [5.74, 6) is 0.537. The van der Waals surface area contributed by atoms with Crippen LogP contribution in [0.2, 0.25) is 10.0 Å². The van der Waals surface area contributed by atoms with Crippen molar-refractivity contribution in [2.45, 2.75) is 19.9 Å². The van der Waals surface area contributed by atoms with Crippen LogP contribution < -0.4 is 5.32 Å². The lowest BCUT2D eigenvalue weighted by Crippen LogP contribution is -2.20. The summed E-state index contributed by atoms with van der Waals surface area (Å²) in [6.07, 6.45) is 0. The average Bonchev–Trinajstić information content (AvgIpc) is 2.86. The molecule has 1 unspecified atom stereocenters. The molecule has 0 aliphatic heterocycles. The molecule has 1 aromatic carbocycles. The summed E-state index contributed by atoms with van der Waals surface area (Å²) >= 11 is 17.7. The molecule has 1 N–H and O–H groups in total. The minimum absolute atomic E-state index is 0.360. The van der Waals surface area contributed by atoms with E-state index in [1.807, 2.05) is 19.2 Å². The molecular formula is C15H16BrCl2NS. The molecule has 1 atom stereocenters. The molecule has 0 aliphatic rings. The summed E-state index contributed by atoms with van der Waals surface area (Å²) in [7, 11) is 1.99. The van der Waals surface area contributed by atoms with Crippen LogP contribution >= 0.6 is 50.5 Å². The third-order valence-corrected chi connectivity index (χ3v) is 6.18. The molecule has 1 aromatic heterocycles. The third kappa shape index (κ3) is 3.23. The van der Waals surface area contributed by atoms with Crippen molar-refractivity contribution in [2.75, 3.05) is 7.05 Å². The largest absolute Gasteiger partial charge is 0.312 e. The van der Waals surface area contributed by atoms with Gasteiger partial charge in [-0.1, -0.05) is 43.1 Å². The summed E-state index contributed by atoms with van der Waals surface area (Å²) in [6.45, 7) is 4.42. The molecule has 1 nitrogen and oxygen atoms in total. The number of hydrogen-bond donors (Lipinski definition) is 1. The van der Waals surface area contributed by atoms with Crippen LogP contribution in [-0.2, 0) is 0 Å². The molecule has 2 aromatic rings. The highest BCUT2D eigenvalue weighted by atomic mass is 79.9. The predicted octanol–water partition coefficient (Wildman–Crippen LogP) is 6.40. The molecule has 0 bridgehead atoms. The molecule has 0 aliphatic carbocycles. The number of thiophene rings is 1. The summed E-state index contributed by atoms with van der Waals surface area (Å²) in [5, 5.41) is 4.52. The molecule has 0 amide bonds. The van der Waals surface area contributed by atoms with Crippen molar-refractivity contribution >= 4 is 50.5 Å². The van der Waals surface area contributed by atoms with Gasteiger partial charge in [0.15, 0.2) is 0 Å². The number of benzene rings is 1. The van der Waals surface area contributed by atoms with Crippen molar-refractivity contribution in [3.63, 3.8) is 0 Å². The van der Waals surface area contributed by atoms with Gasteiger partial charge in [0.2, 0.25) is 0 Å². The van der Waals surface area contributed by atoms with Gasteiger partial charge in [-0.2, -0.15) is 0 Å². The molecule has 108 valence electrons. The van der Waals surface area contributed by atoms with E-state index >= 15 is 0 Å². The van der Waals surface area contributed by atoms with Crippen molar-refractivity contribution < 1.29 is 0 Å². The fraction of sp³-hybridized carbons (Fsp3) is 0.333. The summed E-state index contributed by atoms with van der Waals surface area (Å²) < 4.78 is 0.819. The zero-order valence-corrected chi connectivity index (χ0v) is 15.4. The van der Waals surface area contributed by atoms with E-state index in [-0.39, 0.29) is 0 Å². The molecule has 0 saturated heterocycles. The van der Waals surface area contributed by atoms with Gasteiger partial charge in [0.05, 0.1) is 10.0 Å². The van der Waals surface area contributed by atoms with Gasteiger partial charge in [-0.25, -0.2) is 0 Å². The lowest BCUT2D eigenvalue weighted by molar-refractivity contribution is 0.449. The maximum absolute atomic E-state index is 6.35. The van der Waals surface area contributed by atoms with E-state index in [1.165, 1.54) is 4.88 Å². The maximum atomic E-state index is 6.35. The second kappa shape index (κ2) is 6.80. The van der Waals surface area contributed by atoms with Crippen molar-refractivity contribution in [1.82, 2.24) is 5.32 Å². The maximum Gasteiger partial charge on any atom is 0.0740 e. The van der Waals surface area contributed by atoms with Gasteiger partial charge in [0.25, 0.3) is 0 Å². The Hall–Kier alpha value is -0.0600. The zero-order valence-electron chi connectivity index (χ0n) is 11.5. The minimum atomic E-state index is 0.360. The number of halogens is 3. The van der Waals surface area contributed by atoms with Gasteiger partial charge in [-0.15, -0.1) is 11.3 Å². The summed E-state index contributed by atoms with van der Waals surface area (Å²) in [5.41, 5.74) is 0.981. The molecule has 0 spiro atoms.